The molecule has 0 spiro atoms. The van der Waals surface area contributed by atoms with Crippen LogP contribution < -0.4 is 9.80 Å². The molecule has 0 bridgehead atoms. The number of aromatic amines is 1. The third kappa shape index (κ3) is 4.34. The van der Waals surface area contributed by atoms with Crippen LogP contribution >= 0.6 is 0 Å². The minimum Gasteiger partial charge on any atom is -0.369 e. The molecule has 1 amide bonds. The summed E-state index contributed by atoms with van der Waals surface area (Å²) in [7, 11) is 0. The molecule has 1 aliphatic rings. The number of hydrogen-bond acceptors (Lipinski definition) is 3. The smallest absolute Gasteiger partial charge is 0.276 e. The van der Waals surface area contributed by atoms with Gasteiger partial charge in [0.1, 0.15) is 11.5 Å². The molecule has 5 heteroatoms. The van der Waals surface area contributed by atoms with Gasteiger partial charge in [0, 0.05) is 24.0 Å². The van der Waals surface area contributed by atoms with Crippen molar-refractivity contribution in [3.05, 3.63) is 77.4 Å². The Morgan fingerprint density at radius 3 is 2.24 bits per heavy atom. The summed E-state index contributed by atoms with van der Waals surface area (Å²) in [6.07, 6.45) is 4.18. The Kier molecular flexibility index (Phi) is 5.38. The zero-order valence-corrected chi connectivity index (χ0v) is 17.4. The molecule has 4 rings (SSSR count). The number of aryl methyl sites for hydroxylation is 2. The average Bonchev–Trinajstić information content (AvgIpc) is 3.47. The average molecular weight is 389 g/mol. The first-order valence-electron chi connectivity index (χ1n) is 10.3. The Hall–Kier alpha value is -3.08. The molecule has 0 atom stereocenters. The topological polar surface area (TPSA) is 52.2 Å². The van der Waals surface area contributed by atoms with Gasteiger partial charge in [-0.2, -0.15) is 0 Å². The van der Waals surface area contributed by atoms with Crippen molar-refractivity contribution in [3.63, 3.8) is 0 Å². The van der Waals surface area contributed by atoms with Crippen LogP contribution in [0.2, 0.25) is 0 Å². The first-order valence-corrected chi connectivity index (χ1v) is 10.3. The summed E-state index contributed by atoms with van der Waals surface area (Å²) >= 11 is 0. The molecule has 1 heterocycles. The van der Waals surface area contributed by atoms with Gasteiger partial charge in [0.25, 0.3) is 5.91 Å². The number of carbonyl (C=O) groups excluding carboxylic acids is 1. The maximum absolute atomic E-state index is 13.2. The van der Waals surface area contributed by atoms with Crippen LogP contribution in [0, 0.1) is 13.8 Å². The molecule has 1 N–H and O–H groups in total. The van der Waals surface area contributed by atoms with E-state index in [0.717, 1.165) is 23.6 Å². The predicted octanol–water partition coefficient (Wildman–Crippen LogP) is 4.86. The summed E-state index contributed by atoms with van der Waals surface area (Å²) < 4.78 is 0. The summed E-state index contributed by atoms with van der Waals surface area (Å²) in [6, 6.07) is 17.4. The van der Waals surface area contributed by atoms with Crippen molar-refractivity contribution >= 4 is 17.3 Å². The van der Waals surface area contributed by atoms with E-state index in [0.29, 0.717) is 18.3 Å². The fourth-order valence-corrected chi connectivity index (χ4v) is 3.69. The van der Waals surface area contributed by atoms with E-state index in [-0.39, 0.29) is 5.91 Å². The van der Waals surface area contributed by atoms with E-state index in [2.05, 4.69) is 46.1 Å². The molecule has 1 aromatic heterocycles. The number of carbonyl (C=O) groups is 1. The van der Waals surface area contributed by atoms with Crippen LogP contribution in [0.4, 0.5) is 11.4 Å². The van der Waals surface area contributed by atoms with Crippen LogP contribution in [0.15, 0.2) is 54.7 Å². The normalized spacial score (nSPS) is 13.3. The molecule has 0 saturated heterocycles. The Morgan fingerprint density at radius 2 is 1.69 bits per heavy atom. The van der Waals surface area contributed by atoms with Crippen molar-refractivity contribution in [2.24, 2.45) is 0 Å². The van der Waals surface area contributed by atoms with Crippen molar-refractivity contribution in [3.8, 4) is 0 Å². The van der Waals surface area contributed by atoms with Gasteiger partial charge >= 0.3 is 0 Å². The van der Waals surface area contributed by atoms with Crippen LogP contribution in [-0.2, 0) is 6.54 Å². The first-order chi connectivity index (χ1) is 14.0. The highest BCUT2D eigenvalue weighted by molar-refractivity contribution is 6.04. The number of aromatic nitrogens is 2. The molecular formula is C24H28N4O. The number of imidazole rings is 1. The minimum atomic E-state index is -0.0771. The van der Waals surface area contributed by atoms with Crippen molar-refractivity contribution in [1.29, 1.82) is 0 Å². The molecular weight excluding hydrogens is 360 g/mol. The Bertz CT molecular complexity index is 971. The molecule has 0 unspecified atom stereocenters. The van der Waals surface area contributed by atoms with E-state index in [4.69, 9.17) is 0 Å². The molecule has 150 valence electrons. The van der Waals surface area contributed by atoms with Crippen LogP contribution in [0.1, 0.15) is 47.2 Å². The van der Waals surface area contributed by atoms with Gasteiger partial charge in [0.15, 0.2) is 0 Å². The van der Waals surface area contributed by atoms with Gasteiger partial charge in [-0.1, -0.05) is 29.8 Å². The maximum atomic E-state index is 13.2. The van der Waals surface area contributed by atoms with Gasteiger partial charge in [-0.15, -0.1) is 0 Å². The van der Waals surface area contributed by atoms with Crippen LogP contribution in [0.5, 0.6) is 0 Å². The SMILES string of the molecule is CCN(c1ccc(CN(C(=O)c2cnc(C)[nH]2)c2ccc(C)cc2)cc1)C1CC1. The van der Waals surface area contributed by atoms with Gasteiger partial charge in [0.2, 0.25) is 0 Å². The van der Waals surface area contributed by atoms with Crippen molar-refractivity contribution < 1.29 is 4.79 Å². The minimum absolute atomic E-state index is 0.0771. The van der Waals surface area contributed by atoms with Gasteiger partial charge < -0.3 is 14.8 Å². The van der Waals surface area contributed by atoms with Crippen molar-refractivity contribution in [2.45, 2.75) is 46.2 Å². The summed E-state index contributed by atoms with van der Waals surface area (Å²) in [5, 5.41) is 0. The third-order valence-electron chi connectivity index (χ3n) is 5.46. The number of amides is 1. The van der Waals surface area contributed by atoms with Gasteiger partial charge in [-0.25, -0.2) is 4.98 Å². The number of rotatable bonds is 7. The Morgan fingerprint density at radius 1 is 1.03 bits per heavy atom. The summed E-state index contributed by atoms with van der Waals surface area (Å²) in [5.41, 5.74) is 4.92. The van der Waals surface area contributed by atoms with Crippen molar-refractivity contribution in [1.82, 2.24) is 9.97 Å². The molecule has 1 fully saturated rings. The van der Waals surface area contributed by atoms with E-state index in [1.165, 1.54) is 24.1 Å². The number of anilines is 2. The highest BCUT2D eigenvalue weighted by atomic mass is 16.2. The quantitative estimate of drug-likeness (QED) is 0.629. The molecule has 1 aliphatic carbocycles. The molecule has 29 heavy (non-hydrogen) atoms. The lowest BCUT2D eigenvalue weighted by Crippen LogP contribution is -2.30. The standard InChI is InChI=1S/C24H28N4O/c1-4-27(21-13-14-21)20-11-7-19(8-12-20)16-28(22-9-5-17(2)6-10-22)24(29)23-15-25-18(3)26-23/h5-12,15,21H,4,13-14,16H2,1-3H3,(H,25,26). The lowest BCUT2D eigenvalue weighted by molar-refractivity contribution is 0.0980. The van der Waals surface area contributed by atoms with E-state index in [1.807, 2.05) is 38.1 Å². The maximum Gasteiger partial charge on any atom is 0.276 e. The molecule has 3 aromatic rings. The first kappa shape index (κ1) is 19.2. The molecule has 1 saturated carbocycles. The fraction of sp³-hybridized carbons (Fsp3) is 0.333. The number of benzene rings is 2. The molecule has 0 aliphatic heterocycles. The number of H-pyrrole nitrogens is 1. The monoisotopic (exact) mass is 388 g/mol. The number of nitrogens with one attached hydrogen (secondary N) is 1. The van der Waals surface area contributed by atoms with Crippen LogP contribution in [0.3, 0.4) is 0 Å². The Balaban J connectivity index is 1.59. The van der Waals surface area contributed by atoms with Crippen LogP contribution in [0.25, 0.3) is 0 Å². The molecule has 2 aromatic carbocycles. The lowest BCUT2D eigenvalue weighted by Gasteiger charge is -2.25. The zero-order chi connectivity index (χ0) is 20.4. The van der Waals surface area contributed by atoms with Gasteiger partial charge in [-0.3, -0.25) is 4.79 Å². The van der Waals surface area contributed by atoms with E-state index in [9.17, 15) is 4.79 Å². The highest BCUT2D eigenvalue weighted by Gasteiger charge is 2.28. The van der Waals surface area contributed by atoms with Crippen molar-refractivity contribution in [2.75, 3.05) is 16.3 Å². The van der Waals surface area contributed by atoms with Gasteiger partial charge in [-0.05, 0) is 63.4 Å². The van der Waals surface area contributed by atoms with E-state index >= 15 is 0 Å². The fourth-order valence-electron chi connectivity index (χ4n) is 3.69. The largest absolute Gasteiger partial charge is 0.369 e. The summed E-state index contributed by atoms with van der Waals surface area (Å²) in [4.78, 5) is 24.7. The predicted molar refractivity (Wildman–Crippen MR) is 118 cm³/mol. The van der Waals surface area contributed by atoms with Crippen LogP contribution in [-0.4, -0.2) is 28.5 Å². The number of nitrogens with zero attached hydrogens (tertiary/aromatic N) is 3. The second-order valence-electron chi connectivity index (χ2n) is 7.79. The second kappa shape index (κ2) is 8.11. The number of hydrogen-bond donors (Lipinski definition) is 1. The van der Waals surface area contributed by atoms with Gasteiger partial charge in [0.05, 0.1) is 12.7 Å². The van der Waals surface area contributed by atoms with E-state index in [1.54, 1.807) is 11.1 Å². The second-order valence-corrected chi connectivity index (χ2v) is 7.79. The summed E-state index contributed by atoms with van der Waals surface area (Å²) in [5.74, 6) is 0.660. The third-order valence-corrected chi connectivity index (χ3v) is 5.46. The molecule has 5 nitrogen and oxygen atoms in total. The highest BCUT2D eigenvalue weighted by Crippen LogP contribution is 2.31. The Labute approximate surface area is 172 Å². The molecule has 0 radical (unpaired) electrons. The van der Waals surface area contributed by atoms with E-state index < -0.39 is 0 Å². The summed E-state index contributed by atoms with van der Waals surface area (Å²) in [6.45, 7) is 7.64. The zero-order valence-electron chi connectivity index (χ0n) is 17.4. The lowest BCUT2D eigenvalue weighted by atomic mass is 10.1.